The zero-order valence-electron chi connectivity index (χ0n) is 10.6. The number of hydrogen-bond acceptors (Lipinski definition) is 4. The van der Waals surface area contributed by atoms with Crippen LogP contribution in [-0.4, -0.2) is 32.3 Å². The lowest BCUT2D eigenvalue weighted by Gasteiger charge is -2.25. The maximum absolute atomic E-state index is 12.2. The molecule has 5 nitrogen and oxygen atoms in total. The molecule has 2 unspecified atom stereocenters. The van der Waals surface area contributed by atoms with E-state index in [2.05, 4.69) is 5.32 Å². The Bertz CT molecular complexity index is 432. The van der Waals surface area contributed by atoms with Crippen LogP contribution in [0.3, 0.4) is 0 Å². The van der Waals surface area contributed by atoms with Crippen molar-refractivity contribution in [3.05, 3.63) is 24.3 Å². The largest absolute Gasteiger partial charge is 0.497 e. The van der Waals surface area contributed by atoms with E-state index in [1.807, 2.05) is 6.92 Å². The van der Waals surface area contributed by atoms with E-state index in [4.69, 9.17) is 15.2 Å². The SMILES string of the molecule is COc1ccc(NC(=O)C2(C)COCC2N)cc1. The fourth-order valence-electron chi connectivity index (χ4n) is 1.87. The van der Waals surface area contributed by atoms with Crippen molar-refractivity contribution in [1.82, 2.24) is 0 Å². The molecule has 1 fully saturated rings. The van der Waals surface area contributed by atoms with Crippen molar-refractivity contribution >= 4 is 11.6 Å². The number of carbonyl (C=O) groups is 1. The molecule has 3 N–H and O–H groups in total. The molecule has 1 aliphatic rings. The maximum Gasteiger partial charge on any atom is 0.234 e. The minimum absolute atomic E-state index is 0.113. The van der Waals surface area contributed by atoms with E-state index in [1.54, 1.807) is 31.4 Å². The van der Waals surface area contributed by atoms with Crippen molar-refractivity contribution in [2.45, 2.75) is 13.0 Å². The zero-order valence-corrected chi connectivity index (χ0v) is 10.6. The van der Waals surface area contributed by atoms with Crippen LogP contribution in [0.1, 0.15) is 6.92 Å². The molecule has 0 aliphatic carbocycles. The average molecular weight is 250 g/mol. The minimum Gasteiger partial charge on any atom is -0.497 e. The molecule has 0 saturated carbocycles. The van der Waals surface area contributed by atoms with Crippen molar-refractivity contribution in [1.29, 1.82) is 0 Å². The Labute approximate surface area is 106 Å². The topological polar surface area (TPSA) is 73.6 Å². The van der Waals surface area contributed by atoms with E-state index in [0.29, 0.717) is 13.2 Å². The number of amides is 1. The summed E-state index contributed by atoms with van der Waals surface area (Å²) in [5.74, 6) is 0.637. The Balaban J connectivity index is 2.06. The Morgan fingerprint density at radius 2 is 2.17 bits per heavy atom. The van der Waals surface area contributed by atoms with E-state index < -0.39 is 5.41 Å². The van der Waals surface area contributed by atoms with Crippen LogP contribution in [0.25, 0.3) is 0 Å². The summed E-state index contributed by atoms with van der Waals surface area (Å²) in [6, 6.07) is 6.91. The van der Waals surface area contributed by atoms with Gasteiger partial charge in [0, 0.05) is 11.7 Å². The number of carbonyl (C=O) groups excluding carboxylic acids is 1. The van der Waals surface area contributed by atoms with Gasteiger partial charge in [0.2, 0.25) is 5.91 Å². The Morgan fingerprint density at radius 1 is 1.50 bits per heavy atom. The van der Waals surface area contributed by atoms with E-state index in [0.717, 1.165) is 11.4 Å². The van der Waals surface area contributed by atoms with Crippen molar-refractivity contribution in [2.75, 3.05) is 25.6 Å². The van der Waals surface area contributed by atoms with E-state index >= 15 is 0 Å². The predicted molar refractivity (Wildman–Crippen MR) is 68.5 cm³/mol. The number of anilines is 1. The first-order valence-electron chi connectivity index (χ1n) is 5.85. The summed E-state index contributed by atoms with van der Waals surface area (Å²) in [7, 11) is 1.60. The fraction of sp³-hybridized carbons (Fsp3) is 0.462. The molecule has 1 amide bonds. The smallest absolute Gasteiger partial charge is 0.234 e. The molecule has 1 saturated heterocycles. The van der Waals surface area contributed by atoms with Gasteiger partial charge < -0.3 is 20.5 Å². The Morgan fingerprint density at radius 3 is 2.67 bits per heavy atom. The second-order valence-corrected chi connectivity index (χ2v) is 4.72. The van der Waals surface area contributed by atoms with Gasteiger partial charge in [0.25, 0.3) is 0 Å². The maximum atomic E-state index is 12.2. The van der Waals surface area contributed by atoms with Gasteiger partial charge in [-0.2, -0.15) is 0 Å². The van der Waals surface area contributed by atoms with Gasteiger partial charge in [0.15, 0.2) is 0 Å². The van der Waals surface area contributed by atoms with E-state index in [1.165, 1.54) is 0 Å². The summed E-state index contributed by atoms with van der Waals surface area (Å²) in [5.41, 5.74) is 5.96. The monoisotopic (exact) mass is 250 g/mol. The highest BCUT2D eigenvalue weighted by Gasteiger charge is 2.44. The number of nitrogens with one attached hydrogen (secondary N) is 1. The van der Waals surface area contributed by atoms with Gasteiger partial charge in [0.05, 0.1) is 25.7 Å². The number of methoxy groups -OCH3 is 1. The van der Waals surface area contributed by atoms with Crippen LogP contribution in [0.15, 0.2) is 24.3 Å². The Kier molecular flexibility index (Phi) is 3.54. The highest BCUT2D eigenvalue weighted by atomic mass is 16.5. The summed E-state index contributed by atoms with van der Waals surface area (Å²) < 4.78 is 10.3. The second-order valence-electron chi connectivity index (χ2n) is 4.72. The average Bonchev–Trinajstić information content (AvgIpc) is 2.72. The van der Waals surface area contributed by atoms with Crippen LogP contribution in [0.4, 0.5) is 5.69 Å². The summed E-state index contributed by atoms with van der Waals surface area (Å²) in [6.07, 6.45) is 0. The normalized spacial score (nSPS) is 26.9. The van der Waals surface area contributed by atoms with Gasteiger partial charge in [-0.3, -0.25) is 4.79 Å². The number of hydrogen-bond donors (Lipinski definition) is 2. The van der Waals surface area contributed by atoms with Gasteiger partial charge in [-0.1, -0.05) is 0 Å². The van der Waals surface area contributed by atoms with E-state index in [-0.39, 0.29) is 11.9 Å². The van der Waals surface area contributed by atoms with Gasteiger partial charge in [-0.25, -0.2) is 0 Å². The molecule has 2 atom stereocenters. The quantitative estimate of drug-likeness (QED) is 0.839. The number of nitrogens with two attached hydrogens (primary N) is 1. The summed E-state index contributed by atoms with van der Waals surface area (Å²) in [4.78, 5) is 12.2. The lowest BCUT2D eigenvalue weighted by molar-refractivity contribution is -0.125. The van der Waals surface area contributed by atoms with Crippen LogP contribution >= 0.6 is 0 Å². The second kappa shape index (κ2) is 4.96. The first kappa shape index (κ1) is 12.9. The van der Waals surface area contributed by atoms with Crippen LogP contribution < -0.4 is 15.8 Å². The standard InChI is InChI=1S/C13H18N2O3/c1-13(8-18-7-11(13)14)12(16)15-9-3-5-10(17-2)6-4-9/h3-6,11H,7-8,14H2,1-2H3,(H,15,16). The molecule has 1 heterocycles. The molecule has 1 aromatic carbocycles. The molecule has 1 aliphatic heterocycles. The molecule has 1 aromatic rings. The number of rotatable bonds is 3. The first-order valence-corrected chi connectivity index (χ1v) is 5.85. The molecule has 0 radical (unpaired) electrons. The lowest BCUT2D eigenvalue weighted by Crippen LogP contribution is -2.47. The van der Waals surface area contributed by atoms with Crippen molar-refractivity contribution in [2.24, 2.45) is 11.1 Å². The summed E-state index contributed by atoms with van der Waals surface area (Å²) >= 11 is 0. The fourth-order valence-corrected chi connectivity index (χ4v) is 1.87. The van der Waals surface area contributed by atoms with Crippen LogP contribution in [-0.2, 0) is 9.53 Å². The van der Waals surface area contributed by atoms with Crippen molar-refractivity contribution in [3.63, 3.8) is 0 Å². The van der Waals surface area contributed by atoms with Crippen LogP contribution in [0, 0.1) is 5.41 Å². The first-order chi connectivity index (χ1) is 8.56. The predicted octanol–water partition coefficient (Wildman–Crippen LogP) is 0.997. The molecule has 5 heteroatoms. The van der Waals surface area contributed by atoms with Gasteiger partial charge in [-0.15, -0.1) is 0 Å². The number of ether oxygens (including phenoxy) is 2. The van der Waals surface area contributed by atoms with Gasteiger partial charge >= 0.3 is 0 Å². The Hall–Kier alpha value is -1.59. The molecule has 0 bridgehead atoms. The highest BCUT2D eigenvalue weighted by Crippen LogP contribution is 2.29. The highest BCUT2D eigenvalue weighted by molar-refractivity contribution is 5.96. The molecule has 18 heavy (non-hydrogen) atoms. The van der Waals surface area contributed by atoms with E-state index in [9.17, 15) is 4.79 Å². The van der Waals surface area contributed by atoms with Gasteiger partial charge in [-0.05, 0) is 31.2 Å². The third-order valence-electron chi connectivity index (χ3n) is 3.38. The molecular formula is C13H18N2O3. The molecule has 0 spiro atoms. The lowest BCUT2D eigenvalue weighted by atomic mass is 9.85. The molecular weight excluding hydrogens is 232 g/mol. The molecule has 98 valence electrons. The molecule has 0 aromatic heterocycles. The summed E-state index contributed by atoms with van der Waals surface area (Å²) in [6.45, 7) is 2.60. The zero-order chi connectivity index (χ0) is 13.2. The minimum atomic E-state index is -0.667. The molecule has 2 rings (SSSR count). The van der Waals surface area contributed by atoms with Gasteiger partial charge in [0.1, 0.15) is 5.75 Å². The number of benzene rings is 1. The van der Waals surface area contributed by atoms with Crippen molar-refractivity contribution < 1.29 is 14.3 Å². The van der Waals surface area contributed by atoms with Crippen LogP contribution in [0.5, 0.6) is 5.75 Å². The van der Waals surface area contributed by atoms with Crippen LogP contribution in [0.2, 0.25) is 0 Å². The van der Waals surface area contributed by atoms with Crippen molar-refractivity contribution in [3.8, 4) is 5.75 Å². The summed E-state index contributed by atoms with van der Waals surface area (Å²) in [5, 5.41) is 2.85. The third-order valence-corrected chi connectivity index (χ3v) is 3.38. The third kappa shape index (κ3) is 2.32.